The Morgan fingerprint density at radius 1 is 1.11 bits per heavy atom. The molecule has 4 rings (SSSR count). The zero-order valence-electron chi connectivity index (χ0n) is 15.4. The first-order chi connectivity index (χ1) is 13.1. The van der Waals surface area contributed by atoms with E-state index >= 15 is 0 Å². The molecule has 2 heterocycles. The standard InChI is InChI=1S/C22H23N3O2/c1-15(26)25-11-5-8-18(14-25)22(27)23-19-9-4-7-16(12-19)21-13-17-6-2-3-10-20(17)24-21/h2-4,6-7,9-10,12-13,18,24H,5,8,11,14H2,1H3,(H,23,27)/t18-/m1/s1. The van der Waals surface area contributed by atoms with Gasteiger partial charge in [-0.25, -0.2) is 0 Å². The van der Waals surface area contributed by atoms with Gasteiger partial charge in [-0.2, -0.15) is 0 Å². The summed E-state index contributed by atoms with van der Waals surface area (Å²) in [5.41, 5.74) is 3.91. The number of aromatic nitrogens is 1. The maximum absolute atomic E-state index is 12.7. The summed E-state index contributed by atoms with van der Waals surface area (Å²) in [6.45, 7) is 2.81. The van der Waals surface area contributed by atoms with Gasteiger partial charge in [0.25, 0.3) is 0 Å². The topological polar surface area (TPSA) is 65.2 Å². The average Bonchev–Trinajstić information content (AvgIpc) is 3.12. The van der Waals surface area contributed by atoms with E-state index in [4.69, 9.17) is 0 Å². The molecule has 138 valence electrons. The van der Waals surface area contributed by atoms with Crippen molar-refractivity contribution in [1.82, 2.24) is 9.88 Å². The molecule has 1 atom stereocenters. The first-order valence-electron chi connectivity index (χ1n) is 9.35. The monoisotopic (exact) mass is 361 g/mol. The van der Waals surface area contributed by atoms with Gasteiger partial charge in [-0.1, -0.05) is 30.3 Å². The smallest absolute Gasteiger partial charge is 0.229 e. The van der Waals surface area contributed by atoms with Crippen LogP contribution in [0.5, 0.6) is 0 Å². The molecule has 1 aliphatic heterocycles. The Balaban J connectivity index is 1.50. The fraction of sp³-hybridized carbons (Fsp3) is 0.273. The average molecular weight is 361 g/mol. The summed E-state index contributed by atoms with van der Waals surface area (Å²) in [6.07, 6.45) is 1.68. The summed E-state index contributed by atoms with van der Waals surface area (Å²) >= 11 is 0. The zero-order chi connectivity index (χ0) is 18.8. The molecule has 2 N–H and O–H groups in total. The zero-order valence-corrected chi connectivity index (χ0v) is 15.4. The van der Waals surface area contributed by atoms with Crippen LogP contribution in [0.3, 0.4) is 0 Å². The van der Waals surface area contributed by atoms with Crippen LogP contribution in [0.25, 0.3) is 22.2 Å². The van der Waals surface area contributed by atoms with E-state index in [1.165, 1.54) is 0 Å². The quantitative estimate of drug-likeness (QED) is 0.740. The van der Waals surface area contributed by atoms with Crippen LogP contribution in [0.15, 0.2) is 54.6 Å². The van der Waals surface area contributed by atoms with Crippen molar-refractivity contribution in [2.24, 2.45) is 5.92 Å². The van der Waals surface area contributed by atoms with Gasteiger partial charge in [0, 0.05) is 47.9 Å². The minimum absolute atomic E-state index is 0.0188. The number of nitrogens with one attached hydrogen (secondary N) is 2. The van der Waals surface area contributed by atoms with E-state index in [1.54, 1.807) is 11.8 Å². The number of para-hydroxylation sites is 1. The number of carbonyl (C=O) groups is 2. The highest BCUT2D eigenvalue weighted by molar-refractivity contribution is 5.94. The number of likely N-dealkylation sites (tertiary alicyclic amines) is 1. The van der Waals surface area contributed by atoms with Gasteiger partial charge >= 0.3 is 0 Å². The molecule has 5 heteroatoms. The lowest BCUT2D eigenvalue weighted by atomic mass is 9.97. The minimum atomic E-state index is -0.153. The van der Waals surface area contributed by atoms with E-state index in [1.807, 2.05) is 42.5 Å². The second-order valence-electron chi connectivity index (χ2n) is 7.14. The predicted octanol–water partition coefficient (Wildman–Crippen LogP) is 4.03. The molecule has 0 aliphatic carbocycles. The number of hydrogen-bond donors (Lipinski definition) is 2. The van der Waals surface area contributed by atoms with Crippen molar-refractivity contribution in [1.29, 1.82) is 0 Å². The van der Waals surface area contributed by atoms with Crippen LogP contribution < -0.4 is 5.32 Å². The SMILES string of the molecule is CC(=O)N1CCC[C@@H](C(=O)Nc2cccc(-c3cc4ccccc4[nH]3)c2)C1. The van der Waals surface area contributed by atoms with Crippen LogP contribution in [0.2, 0.25) is 0 Å². The van der Waals surface area contributed by atoms with Crippen LogP contribution in [0.4, 0.5) is 5.69 Å². The maximum atomic E-state index is 12.7. The number of benzene rings is 2. The molecule has 1 aromatic heterocycles. The summed E-state index contributed by atoms with van der Waals surface area (Å²) in [5, 5.41) is 4.18. The van der Waals surface area contributed by atoms with E-state index < -0.39 is 0 Å². The molecule has 0 bridgehead atoms. The molecule has 1 saturated heterocycles. The van der Waals surface area contributed by atoms with Crippen LogP contribution >= 0.6 is 0 Å². The van der Waals surface area contributed by atoms with Crippen molar-refractivity contribution in [3.05, 3.63) is 54.6 Å². The highest BCUT2D eigenvalue weighted by atomic mass is 16.2. The van der Waals surface area contributed by atoms with Crippen LogP contribution in [-0.2, 0) is 9.59 Å². The Morgan fingerprint density at radius 2 is 1.96 bits per heavy atom. The van der Waals surface area contributed by atoms with Gasteiger partial charge in [0.1, 0.15) is 0 Å². The van der Waals surface area contributed by atoms with Crippen LogP contribution in [-0.4, -0.2) is 34.8 Å². The number of piperidine rings is 1. The summed E-state index contributed by atoms with van der Waals surface area (Å²) in [7, 11) is 0. The molecule has 2 amide bonds. The fourth-order valence-electron chi connectivity index (χ4n) is 3.71. The van der Waals surface area contributed by atoms with Crippen molar-refractivity contribution in [3.63, 3.8) is 0 Å². The van der Waals surface area contributed by atoms with Crippen molar-refractivity contribution in [2.75, 3.05) is 18.4 Å². The van der Waals surface area contributed by atoms with Crippen molar-refractivity contribution in [3.8, 4) is 11.3 Å². The number of hydrogen-bond acceptors (Lipinski definition) is 2. The second kappa shape index (κ2) is 7.27. The maximum Gasteiger partial charge on any atom is 0.229 e. The molecule has 27 heavy (non-hydrogen) atoms. The molecule has 2 aromatic carbocycles. The number of rotatable bonds is 3. The van der Waals surface area contributed by atoms with E-state index in [0.29, 0.717) is 6.54 Å². The lowest BCUT2D eigenvalue weighted by molar-refractivity contribution is -0.132. The Labute approximate surface area is 158 Å². The summed E-state index contributed by atoms with van der Waals surface area (Å²) in [6, 6.07) is 18.1. The summed E-state index contributed by atoms with van der Waals surface area (Å²) in [4.78, 5) is 29.4. The lowest BCUT2D eigenvalue weighted by Crippen LogP contribution is -2.42. The van der Waals surface area contributed by atoms with Crippen molar-refractivity contribution < 1.29 is 9.59 Å². The Hall–Kier alpha value is -3.08. The van der Waals surface area contributed by atoms with Gasteiger partial charge in [0.05, 0.1) is 5.92 Å². The number of fused-ring (bicyclic) bond motifs is 1. The molecule has 1 fully saturated rings. The van der Waals surface area contributed by atoms with Gasteiger partial charge in [0.2, 0.25) is 11.8 Å². The number of anilines is 1. The predicted molar refractivity (Wildman–Crippen MR) is 107 cm³/mol. The minimum Gasteiger partial charge on any atom is -0.355 e. The first-order valence-corrected chi connectivity index (χ1v) is 9.35. The summed E-state index contributed by atoms with van der Waals surface area (Å²) < 4.78 is 0. The highest BCUT2D eigenvalue weighted by Gasteiger charge is 2.27. The molecule has 5 nitrogen and oxygen atoms in total. The van der Waals surface area contributed by atoms with E-state index in [-0.39, 0.29) is 17.7 Å². The Morgan fingerprint density at radius 3 is 2.78 bits per heavy atom. The molecule has 1 aliphatic rings. The van der Waals surface area contributed by atoms with Gasteiger partial charge in [-0.15, -0.1) is 0 Å². The van der Waals surface area contributed by atoms with E-state index in [2.05, 4.69) is 22.4 Å². The molecular formula is C22H23N3O2. The normalized spacial score (nSPS) is 17.1. The lowest BCUT2D eigenvalue weighted by Gasteiger charge is -2.31. The largest absolute Gasteiger partial charge is 0.355 e. The van der Waals surface area contributed by atoms with Gasteiger partial charge in [-0.05, 0) is 37.1 Å². The molecule has 3 aromatic rings. The fourth-order valence-corrected chi connectivity index (χ4v) is 3.71. The third kappa shape index (κ3) is 3.72. The molecule has 0 saturated carbocycles. The van der Waals surface area contributed by atoms with Gasteiger partial charge in [-0.3, -0.25) is 9.59 Å². The number of amides is 2. The first kappa shape index (κ1) is 17.3. The Bertz CT molecular complexity index is 959. The van der Waals surface area contributed by atoms with Crippen LogP contribution in [0, 0.1) is 5.92 Å². The molecule has 0 radical (unpaired) electrons. The highest BCUT2D eigenvalue weighted by Crippen LogP contribution is 2.26. The number of H-pyrrole nitrogens is 1. The molecular weight excluding hydrogens is 338 g/mol. The molecule has 0 spiro atoms. The molecule has 0 unspecified atom stereocenters. The van der Waals surface area contributed by atoms with Crippen LogP contribution in [0.1, 0.15) is 19.8 Å². The van der Waals surface area contributed by atoms with Crippen molar-refractivity contribution in [2.45, 2.75) is 19.8 Å². The number of carbonyl (C=O) groups excluding carboxylic acids is 2. The van der Waals surface area contributed by atoms with Crippen molar-refractivity contribution >= 4 is 28.4 Å². The summed E-state index contributed by atoms with van der Waals surface area (Å²) in [5.74, 6) is -0.137. The number of nitrogens with zero attached hydrogens (tertiary/aromatic N) is 1. The third-order valence-electron chi connectivity index (χ3n) is 5.21. The van der Waals surface area contributed by atoms with E-state index in [9.17, 15) is 9.59 Å². The van der Waals surface area contributed by atoms with Gasteiger partial charge < -0.3 is 15.2 Å². The van der Waals surface area contributed by atoms with Gasteiger partial charge in [0.15, 0.2) is 0 Å². The third-order valence-corrected chi connectivity index (χ3v) is 5.21. The van der Waals surface area contributed by atoms with E-state index in [0.717, 1.165) is 47.2 Å². The number of aromatic amines is 1. The second-order valence-corrected chi connectivity index (χ2v) is 7.14. The Kier molecular flexibility index (Phi) is 4.67.